The lowest BCUT2D eigenvalue weighted by molar-refractivity contribution is 0.0917. The van der Waals surface area contributed by atoms with Crippen LogP contribution >= 0.6 is 11.6 Å². The lowest BCUT2D eigenvalue weighted by Crippen LogP contribution is -2.38. The summed E-state index contributed by atoms with van der Waals surface area (Å²) in [5, 5.41) is 7.80. The van der Waals surface area contributed by atoms with Crippen LogP contribution in [-0.2, 0) is 13.0 Å². The molecular weight excluding hydrogens is 262 g/mol. The molecule has 1 N–H and O–H groups in total. The molecule has 1 aromatic heterocycles. The summed E-state index contributed by atoms with van der Waals surface area (Å²) in [7, 11) is 0. The first kappa shape index (κ1) is 14.4. The molecule has 1 aliphatic carbocycles. The summed E-state index contributed by atoms with van der Waals surface area (Å²) in [5.74, 6) is -0.00734. The summed E-state index contributed by atoms with van der Waals surface area (Å²) < 4.78 is 1.78. The fraction of sp³-hybridized carbons (Fsp3) is 0.714. The maximum atomic E-state index is 12.3. The molecule has 1 aromatic rings. The molecule has 19 heavy (non-hydrogen) atoms. The average molecular weight is 284 g/mol. The molecule has 4 nitrogen and oxygen atoms in total. The lowest BCUT2D eigenvalue weighted by Gasteiger charge is -2.25. The quantitative estimate of drug-likeness (QED) is 0.864. The monoisotopic (exact) mass is 283 g/mol. The van der Waals surface area contributed by atoms with Crippen molar-refractivity contribution in [2.45, 2.75) is 63.9 Å². The molecule has 1 fully saturated rings. The predicted molar refractivity (Wildman–Crippen MR) is 76.6 cm³/mol. The highest BCUT2D eigenvalue weighted by Gasteiger charge is 2.23. The molecule has 1 heterocycles. The summed E-state index contributed by atoms with van der Waals surface area (Å²) in [6, 6.07) is 2.15. The Labute approximate surface area is 119 Å². The van der Waals surface area contributed by atoms with Crippen molar-refractivity contribution in [3.8, 4) is 0 Å². The minimum atomic E-state index is -0.00734. The molecule has 1 saturated carbocycles. The van der Waals surface area contributed by atoms with Crippen LogP contribution in [-0.4, -0.2) is 27.1 Å². The molecule has 0 saturated heterocycles. The number of aromatic nitrogens is 2. The van der Waals surface area contributed by atoms with Gasteiger partial charge in [-0.25, -0.2) is 0 Å². The normalized spacial score (nSPS) is 23.3. The van der Waals surface area contributed by atoms with Crippen LogP contribution in [0.2, 0.25) is 0 Å². The van der Waals surface area contributed by atoms with Crippen molar-refractivity contribution in [1.29, 1.82) is 0 Å². The third kappa shape index (κ3) is 3.50. The highest BCUT2D eigenvalue weighted by Crippen LogP contribution is 2.23. The predicted octanol–water partition coefficient (Wildman–Crippen LogP) is 2.75. The number of carbonyl (C=O) groups is 1. The van der Waals surface area contributed by atoms with E-state index in [4.69, 9.17) is 11.6 Å². The van der Waals surface area contributed by atoms with Crippen LogP contribution in [0.5, 0.6) is 0 Å². The summed E-state index contributed by atoms with van der Waals surface area (Å²) >= 11 is 6.08. The maximum absolute atomic E-state index is 12.3. The van der Waals surface area contributed by atoms with Crippen LogP contribution < -0.4 is 5.32 Å². The molecule has 0 unspecified atom stereocenters. The Bertz CT molecular complexity index is 436. The molecule has 0 radical (unpaired) electrons. The van der Waals surface area contributed by atoms with Gasteiger partial charge in [0.25, 0.3) is 5.91 Å². The SMILES string of the molecule is CCc1cc(C(=O)NC2CCC(Cl)CC2)n(CC)n1. The number of aryl methyl sites for hydroxylation is 2. The topological polar surface area (TPSA) is 46.9 Å². The van der Waals surface area contributed by atoms with Gasteiger partial charge in [-0.15, -0.1) is 11.6 Å². The zero-order chi connectivity index (χ0) is 13.8. The first-order chi connectivity index (χ1) is 9.13. The summed E-state index contributed by atoms with van der Waals surface area (Å²) in [6.07, 6.45) is 4.77. The minimum absolute atomic E-state index is 0.00734. The second kappa shape index (κ2) is 6.42. The number of halogens is 1. The van der Waals surface area contributed by atoms with Crippen LogP contribution in [0.15, 0.2) is 6.07 Å². The second-order valence-corrected chi connectivity index (χ2v) is 5.73. The van der Waals surface area contributed by atoms with Gasteiger partial charge < -0.3 is 5.32 Å². The van der Waals surface area contributed by atoms with Crippen LogP contribution in [0.4, 0.5) is 0 Å². The minimum Gasteiger partial charge on any atom is -0.348 e. The third-order valence-electron chi connectivity index (χ3n) is 3.72. The number of alkyl halides is 1. The fourth-order valence-electron chi connectivity index (χ4n) is 2.52. The Morgan fingerprint density at radius 3 is 2.68 bits per heavy atom. The van der Waals surface area contributed by atoms with Crippen LogP contribution in [0.1, 0.15) is 55.7 Å². The molecule has 0 aromatic carbocycles. The average Bonchev–Trinajstić information content (AvgIpc) is 2.85. The summed E-state index contributed by atoms with van der Waals surface area (Å²) in [4.78, 5) is 12.3. The lowest BCUT2D eigenvalue weighted by atomic mass is 9.95. The van der Waals surface area contributed by atoms with Gasteiger partial charge in [0.1, 0.15) is 5.69 Å². The molecule has 1 amide bonds. The van der Waals surface area contributed by atoms with E-state index in [0.29, 0.717) is 5.69 Å². The fourth-order valence-corrected chi connectivity index (χ4v) is 2.78. The molecule has 106 valence electrons. The maximum Gasteiger partial charge on any atom is 0.269 e. The molecule has 1 aliphatic rings. The van der Waals surface area contributed by atoms with Crippen molar-refractivity contribution < 1.29 is 4.79 Å². The number of carbonyl (C=O) groups excluding carboxylic acids is 1. The van der Waals surface area contributed by atoms with Gasteiger partial charge in [-0.3, -0.25) is 9.48 Å². The van der Waals surface area contributed by atoms with Crippen molar-refractivity contribution in [3.63, 3.8) is 0 Å². The van der Waals surface area contributed by atoms with Crippen LogP contribution in [0.3, 0.4) is 0 Å². The Morgan fingerprint density at radius 2 is 2.11 bits per heavy atom. The van der Waals surface area contributed by atoms with Crippen LogP contribution in [0.25, 0.3) is 0 Å². The van der Waals surface area contributed by atoms with Gasteiger partial charge in [0.15, 0.2) is 0 Å². The highest BCUT2D eigenvalue weighted by molar-refractivity contribution is 6.20. The second-order valence-electron chi connectivity index (χ2n) is 5.11. The van der Waals surface area contributed by atoms with E-state index in [-0.39, 0.29) is 17.3 Å². The number of amides is 1. The molecule has 5 heteroatoms. The van der Waals surface area contributed by atoms with Crippen molar-refractivity contribution in [2.75, 3.05) is 0 Å². The number of rotatable bonds is 4. The van der Waals surface area contributed by atoms with Gasteiger partial charge >= 0.3 is 0 Å². The number of nitrogens with zero attached hydrogens (tertiary/aromatic N) is 2. The molecule has 0 atom stereocenters. The van der Waals surface area contributed by atoms with E-state index in [0.717, 1.165) is 44.3 Å². The van der Waals surface area contributed by atoms with E-state index in [1.54, 1.807) is 4.68 Å². The first-order valence-electron chi connectivity index (χ1n) is 7.15. The van der Waals surface area contributed by atoms with Gasteiger partial charge in [-0.2, -0.15) is 5.10 Å². The highest BCUT2D eigenvalue weighted by atomic mass is 35.5. The molecule has 0 bridgehead atoms. The third-order valence-corrected chi connectivity index (χ3v) is 4.15. The standard InChI is InChI=1S/C14H22ClN3O/c1-3-11-9-13(18(4-2)17-11)14(19)16-12-7-5-10(15)6-8-12/h9-10,12H,3-8H2,1-2H3,(H,16,19). The zero-order valence-corrected chi connectivity index (χ0v) is 12.4. The van der Waals surface area contributed by atoms with E-state index in [2.05, 4.69) is 10.4 Å². The van der Waals surface area contributed by atoms with E-state index >= 15 is 0 Å². The van der Waals surface area contributed by atoms with E-state index < -0.39 is 0 Å². The number of nitrogens with one attached hydrogen (secondary N) is 1. The largest absolute Gasteiger partial charge is 0.348 e. The Kier molecular flexibility index (Phi) is 4.86. The van der Waals surface area contributed by atoms with Gasteiger partial charge in [0.05, 0.1) is 5.69 Å². The van der Waals surface area contributed by atoms with Gasteiger partial charge in [0.2, 0.25) is 0 Å². The summed E-state index contributed by atoms with van der Waals surface area (Å²) in [6.45, 7) is 4.77. The van der Waals surface area contributed by atoms with Crippen LogP contribution in [0, 0.1) is 0 Å². The van der Waals surface area contributed by atoms with Gasteiger partial charge in [0, 0.05) is 18.0 Å². The smallest absolute Gasteiger partial charge is 0.269 e. The van der Waals surface area contributed by atoms with Gasteiger partial charge in [-0.1, -0.05) is 6.92 Å². The first-order valence-corrected chi connectivity index (χ1v) is 7.59. The van der Waals surface area contributed by atoms with E-state index in [1.807, 2.05) is 19.9 Å². The van der Waals surface area contributed by atoms with Crippen molar-refractivity contribution >= 4 is 17.5 Å². The Balaban J connectivity index is 2.01. The van der Waals surface area contributed by atoms with Crippen molar-refractivity contribution in [2.24, 2.45) is 0 Å². The van der Waals surface area contributed by atoms with Gasteiger partial charge in [-0.05, 0) is 45.1 Å². The van der Waals surface area contributed by atoms with Crippen molar-refractivity contribution in [3.05, 3.63) is 17.5 Å². The Hall–Kier alpha value is -1.03. The number of hydrogen-bond acceptors (Lipinski definition) is 2. The molecule has 0 spiro atoms. The molecule has 2 rings (SSSR count). The van der Waals surface area contributed by atoms with E-state index in [1.165, 1.54) is 0 Å². The van der Waals surface area contributed by atoms with E-state index in [9.17, 15) is 4.79 Å². The zero-order valence-electron chi connectivity index (χ0n) is 11.7. The summed E-state index contributed by atoms with van der Waals surface area (Å²) in [5.41, 5.74) is 1.64. The molecule has 0 aliphatic heterocycles. The number of hydrogen-bond donors (Lipinski definition) is 1. The molecular formula is C14H22ClN3O. The Morgan fingerprint density at radius 1 is 1.42 bits per heavy atom. The van der Waals surface area contributed by atoms with Crippen molar-refractivity contribution in [1.82, 2.24) is 15.1 Å².